The average molecular weight is 507 g/mol. The molecule has 3 rings (SSSR count). The quantitative estimate of drug-likeness (QED) is 0.159. The summed E-state index contributed by atoms with van der Waals surface area (Å²) in [6.07, 6.45) is -2.87. The van der Waals surface area contributed by atoms with Crippen molar-refractivity contribution in [3.63, 3.8) is 0 Å². The van der Waals surface area contributed by atoms with Gasteiger partial charge in [0.15, 0.2) is 5.66 Å². The van der Waals surface area contributed by atoms with E-state index >= 15 is 0 Å². The van der Waals surface area contributed by atoms with Gasteiger partial charge in [0.1, 0.15) is 30.8 Å². The number of hydrogen-bond donors (Lipinski definition) is 7. The van der Waals surface area contributed by atoms with Gasteiger partial charge in [0.2, 0.25) is 0 Å². The fourth-order valence-corrected chi connectivity index (χ4v) is 5.16. The van der Waals surface area contributed by atoms with Gasteiger partial charge in [0.05, 0.1) is 0 Å². The van der Waals surface area contributed by atoms with Crippen molar-refractivity contribution < 1.29 is 39.0 Å². The van der Waals surface area contributed by atoms with E-state index in [4.69, 9.17) is 5.73 Å². The van der Waals surface area contributed by atoms with Crippen LogP contribution in [0, 0.1) is 0 Å². The third-order valence-corrected chi connectivity index (χ3v) is 7.11. The van der Waals surface area contributed by atoms with Crippen LogP contribution in [0.5, 0.6) is 0 Å². The number of nitrogens with zero attached hydrogens (tertiary/aromatic N) is 1. The zero-order valence-corrected chi connectivity index (χ0v) is 20.4. The predicted octanol–water partition coefficient (Wildman–Crippen LogP) is -1.21. The molecule has 2 saturated heterocycles. The van der Waals surface area contributed by atoms with E-state index in [2.05, 4.69) is 16.0 Å². The van der Waals surface area contributed by atoms with Gasteiger partial charge in [0.25, 0.3) is 11.8 Å². The highest BCUT2D eigenvalue weighted by molar-refractivity contribution is 5.87. The number of carboxylic acid groups (broad SMARTS) is 1. The molecule has 0 spiro atoms. The lowest BCUT2D eigenvalue weighted by atomic mass is 10.0. The van der Waals surface area contributed by atoms with Gasteiger partial charge >= 0.3 is 12.0 Å². The molecule has 1 aromatic carbocycles. The van der Waals surface area contributed by atoms with Gasteiger partial charge in [-0.15, -0.1) is 0 Å². The zero-order chi connectivity index (χ0) is 26.5. The average Bonchev–Trinajstić information content (AvgIpc) is 3.49. The minimum absolute atomic E-state index is 0.0880. The fraction of sp³-hybridized carbons (Fsp3) is 0.583. The molecule has 8 N–H and O–H groups in total. The van der Waals surface area contributed by atoms with Crippen LogP contribution in [0.4, 0.5) is 4.79 Å². The number of amides is 4. The zero-order valence-electron chi connectivity index (χ0n) is 20.4. The third-order valence-electron chi connectivity index (χ3n) is 7.11. The summed E-state index contributed by atoms with van der Waals surface area (Å²) in [6, 6.07) is 7.77. The minimum Gasteiger partial charge on any atom is -0.435 e. The van der Waals surface area contributed by atoms with Crippen molar-refractivity contribution in [2.75, 3.05) is 19.6 Å². The molecule has 0 aromatic heterocycles. The summed E-state index contributed by atoms with van der Waals surface area (Å²) in [5.41, 5.74) is 4.61. The van der Waals surface area contributed by atoms with Crippen LogP contribution in [-0.2, 0) is 20.8 Å². The second kappa shape index (κ2) is 11.4. The predicted molar refractivity (Wildman–Crippen MR) is 128 cm³/mol. The summed E-state index contributed by atoms with van der Waals surface area (Å²) in [7, 11) is 0. The molecule has 2 heterocycles. The van der Waals surface area contributed by atoms with Crippen molar-refractivity contribution in [3.8, 4) is 0 Å². The molecule has 6 atom stereocenters. The van der Waals surface area contributed by atoms with Gasteiger partial charge in [-0.3, -0.25) is 9.59 Å². The number of aryl methyl sites for hydroxylation is 1. The molecule has 0 unspecified atom stereocenters. The standard InChI is InChI=1S/C24H35N5O7/c1-15-12-24(28-21(33)19(31)13-25,14-29(15,23(35)36)22(34)17-8-5-11-26-17)27-20(32)18(30)10-9-16-6-3-2-4-7-16/h2-4,6-7,15,17-19,26,30-31H,5,8-14,25H2,1H3,(H2-,27,28,32,33,35,36)/p+1/t15-,17+,18-,19+,24-,29-/m1/s1. The molecule has 0 radical (unpaired) electrons. The minimum atomic E-state index is -1.70. The molecule has 36 heavy (non-hydrogen) atoms. The number of hydrogen-bond acceptors (Lipinski definition) is 8. The second-order valence-corrected chi connectivity index (χ2v) is 9.70. The van der Waals surface area contributed by atoms with Crippen molar-refractivity contribution in [2.45, 2.75) is 69.0 Å². The lowest BCUT2D eigenvalue weighted by molar-refractivity contribution is -0.795. The topological polar surface area (TPSA) is 191 Å². The Morgan fingerprint density at radius 1 is 1.14 bits per heavy atom. The normalized spacial score (nSPS) is 29.3. The highest BCUT2D eigenvalue weighted by Crippen LogP contribution is 2.35. The van der Waals surface area contributed by atoms with Crippen LogP contribution in [0.3, 0.4) is 0 Å². The Morgan fingerprint density at radius 3 is 2.33 bits per heavy atom. The van der Waals surface area contributed by atoms with Crippen LogP contribution in [0.2, 0.25) is 0 Å². The smallest absolute Gasteiger partial charge is 0.435 e. The first-order chi connectivity index (χ1) is 17.0. The maximum absolute atomic E-state index is 13.4. The first-order valence-corrected chi connectivity index (χ1v) is 12.2. The van der Waals surface area contributed by atoms with E-state index in [1.54, 1.807) is 6.92 Å². The van der Waals surface area contributed by atoms with Gasteiger partial charge in [-0.05, 0) is 44.7 Å². The molecule has 198 valence electrons. The number of carbonyl (C=O) groups excluding carboxylic acids is 3. The summed E-state index contributed by atoms with van der Waals surface area (Å²) in [6.45, 7) is 1.27. The third kappa shape index (κ3) is 5.73. The number of nitrogens with one attached hydrogen (secondary N) is 3. The summed E-state index contributed by atoms with van der Waals surface area (Å²) in [5, 5.41) is 38.8. The Labute approximate surface area is 209 Å². The lowest BCUT2D eigenvalue weighted by Crippen LogP contribution is -2.69. The molecule has 0 saturated carbocycles. The second-order valence-electron chi connectivity index (χ2n) is 9.70. The lowest BCUT2D eigenvalue weighted by Gasteiger charge is -2.34. The van der Waals surface area contributed by atoms with E-state index in [1.807, 2.05) is 30.3 Å². The van der Waals surface area contributed by atoms with E-state index in [0.29, 0.717) is 19.4 Å². The molecule has 0 bridgehead atoms. The first-order valence-electron chi connectivity index (χ1n) is 12.2. The number of aliphatic hydroxyl groups excluding tert-OH is 2. The molecular weight excluding hydrogens is 470 g/mol. The molecular formula is C24H36N5O7+. The molecule has 2 aliphatic rings. The number of likely N-dealkylation sites (tertiary alicyclic amines) is 1. The van der Waals surface area contributed by atoms with Crippen LogP contribution >= 0.6 is 0 Å². The summed E-state index contributed by atoms with van der Waals surface area (Å²) < 4.78 is -1.02. The highest BCUT2D eigenvalue weighted by atomic mass is 16.4. The van der Waals surface area contributed by atoms with E-state index in [0.717, 1.165) is 12.0 Å². The van der Waals surface area contributed by atoms with Crippen LogP contribution in [0.1, 0.15) is 38.2 Å². The number of rotatable bonds is 9. The number of carbonyl (C=O) groups is 4. The van der Waals surface area contributed by atoms with Crippen LogP contribution in [0.15, 0.2) is 30.3 Å². The molecule has 1 aromatic rings. The number of imide groups is 1. The Hall–Kier alpha value is -2.90. The monoisotopic (exact) mass is 506 g/mol. The van der Waals surface area contributed by atoms with E-state index in [-0.39, 0.29) is 12.8 Å². The van der Waals surface area contributed by atoms with E-state index in [9.17, 15) is 34.5 Å². The van der Waals surface area contributed by atoms with Crippen LogP contribution in [0.25, 0.3) is 0 Å². The summed E-state index contributed by atoms with van der Waals surface area (Å²) in [5.74, 6) is -2.31. The largest absolute Gasteiger partial charge is 0.521 e. The summed E-state index contributed by atoms with van der Waals surface area (Å²) in [4.78, 5) is 51.6. The number of benzene rings is 1. The van der Waals surface area contributed by atoms with E-state index in [1.165, 1.54) is 0 Å². The maximum atomic E-state index is 13.4. The van der Waals surface area contributed by atoms with Crippen LogP contribution < -0.4 is 21.7 Å². The SMILES string of the molecule is C[C@@H]1C[C@@](NC(=O)[C@H](O)CCc2ccccc2)(NC(=O)[C@@H](O)CN)C[N@+]1(C(=O)O)C(=O)[C@@H]1CCCN1. The maximum Gasteiger partial charge on any atom is 0.521 e. The Morgan fingerprint density at radius 2 is 1.78 bits per heavy atom. The van der Waals surface area contributed by atoms with Gasteiger partial charge in [-0.25, -0.2) is 4.79 Å². The van der Waals surface area contributed by atoms with E-state index < -0.39 is 71.3 Å². The molecule has 12 heteroatoms. The Kier molecular flexibility index (Phi) is 8.80. The molecule has 4 amide bonds. The number of aliphatic hydroxyl groups is 2. The fourth-order valence-electron chi connectivity index (χ4n) is 5.16. The Bertz CT molecular complexity index is 971. The van der Waals surface area contributed by atoms with Crippen molar-refractivity contribution >= 4 is 23.8 Å². The van der Waals surface area contributed by atoms with Crippen molar-refractivity contribution in [3.05, 3.63) is 35.9 Å². The van der Waals surface area contributed by atoms with Crippen molar-refractivity contribution in [1.29, 1.82) is 0 Å². The Balaban J connectivity index is 1.85. The van der Waals surface area contributed by atoms with Crippen LogP contribution in [-0.4, -0.2) is 93.2 Å². The van der Waals surface area contributed by atoms with Gasteiger partial charge < -0.3 is 37.0 Å². The molecule has 2 fully saturated rings. The molecule has 12 nitrogen and oxygen atoms in total. The van der Waals surface area contributed by atoms with Gasteiger partial charge in [0, 0.05) is 13.0 Å². The van der Waals surface area contributed by atoms with Crippen molar-refractivity contribution in [2.24, 2.45) is 5.73 Å². The van der Waals surface area contributed by atoms with Gasteiger partial charge in [-0.2, -0.15) is 9.28 Å². The number of quaternary nitrogens is 1. The van der Waals surface area contributed by atoms with Crippen molar-refractivity contribution in [1.82, 2.24) is 16.0 Å². The first kappa shape index (κ1) is 27.7. The highest BCUT2D eigenvalue weighted by Gasteiger charge is 2.65. The van der Waals surface area contributed by atoms with Gasteiger partial charge in [-0.1, -0.05) is 30.3 Å². The molecule has 2 aliphatic heterocycles. The summed E-state index contributed by atoms with van der Waals surface area (Å²) >= 11 is 0. The number of nitrogens with two attached hydrogens (primary N) is 1. The molecule has 0 aliphatic carbocycles.